The number of hydrogen-bond acceptors (Lipinski definition) is 3. The Balaban J connectivity index is 1.82. The first kappa shape index (κ1) is 19.3. The Labute approximate surface area is 148 Å². The van der Waals surface area contributed by atoms with E-state index in [1.165, 1.54) is 6.92 Å². The molecule has 0 fully saturated rings. The van der Waals surface area contributed by atoms with Crippen LogP contribution in [0.5, 0.6) is 5.75 Å². The fraction of sp³-hybridized carbons (Fsp3) is 0.222. The average molecular weight is 366 g/mol. The van der Waals surface area contributed by atoms with Gasteiger partial charge >= 0.3 is 6.18 Å². The molecule has 0 saturated carbocycles. The summed E-state index contributed by atoms with van der Waals surface area (Å²) in [5.41, 5.74) is -0.612. The zero-order valence-electron chi connectivity index (χ0n) is 13.8. The molecule has 138 valence electrons. The zero-order chi connectivity index (χ0) is 19.2. The van der Waals surface area contributed by atoms with Crippen LogP contribution in [0.1, 0.15) is 12.5 Å². The molecule has 0 aliphatic carbocycles. The van der Waals surface area contributed by atoms with Gasteiger partial charge in [-0.2, -0.15) is 13.2 Å². The molecule has 0 aromatic heterocycles. The minimum atomic E-state index is -4.44. The third-order valence-electron chi connectivity index (χ3n) is 3.36. The van der Waals surface area contributed by atoms with E-state index in [0.29, 0.717) is 5.75 Å². The lowest BCUT2D eigenvalue weighted by atomic mass is 10.2. The summed E-state index contributed by atoms with van der Waals surface area (Å²) in [6.45, 7) is 1.20. The Morgan fingerprint density at radius 2 is 1.65 bits per heavy atom. The fourth-order valence-corrected chi connectivity index (χ4v) is 2.01. The number of carbonyl (C=O) groups excluding carboxylic acids is 2. The van der Waals surface area contributed by atoms with E-state index < -0.39 is 29.6 Å². The van der Waals surface area contributed by atoms with Crippen LogP contribution < -0.4 is 15.4 Å². The summed E-state index contributed by atoms with van der Waals surface area (Å²) in [7, 11) is 0. The number of nitrogens with one attached hydrogen (secondary N) is 2. The molecule has 0 bridgehead atoms. The van der Waals surface area contributed by atoms with E-state index in [-0.39, 0.29) is 12.3 Å². The van der Waals surface area contributed by atoms with Gasteiger partial charge in [0.1, 0.15) is 11.8 Å². The number of rotatable bonds is 6. The summed E-state index contributed by atoms with van der Waals surface area (Å²) < 4.78 is 42.8. The number of carbonyl (C=O) groups is 2. The monoisotopic (exact) mass is 366 g/mol. The van der Waals surface area contributed by atoms with Gasteiger partial charge in [-0.3, -0.25) is 9.59 Å². The molecule has 0 saturated heterocycles. The first-order valence-corrected chi connectivity index (χ1v) is 7.71. The van der Waals surface area contributed by atoms with Crippen LogP contribution in [0.25, 0.3) is 0 Å². The number of hydrogen-bond donors (Lipinski definition) is 2. The Morgan fingerprint density at radius 3 is 2.23 bits per heavy atom. The number of alkyl halides is 3. The number of ether oxygens (including phenoxy) is 1. The summed E-state index contributed by atoms with van der Waals surface area (Å²) in [5.74, 6) is -0.536. The average Bonchev–Trinajstić information content (AvgIpc) is 2.60. The van der Waals surface area contributed by atoms with Crippen LogP contribution in [-0.4, -0.2) is 24.5 Å². The summed E-state index contributed by atoms with van der Waals surface area (Å²) in [4.78, 5) is 23.8. The molecule has 0 radical (unpaired) electrons. The summed E-state index contributed by atoms with van der Waals surface area (Å²) in [6.07, 6.45) is -4.44. The van der Waals surface area contributed by atoms with E-state index in [1.807, 2.05) is 0 Å². The van der Waals surface area contributed by atoms with Crippen LogP contribution in [-0.2, 0) is 15.8 Å². The van der Waals surface area contributed by atoms with E-state index in [9.17, 15) is 22.8 Å². The molecule has 2 N–H and O–H groups in total. The van der Waals surface area contributed by atoms with Crippen LogP contribution >= 0.6 is 0 Å². The minimum Gasteiger partial charge on any atom is -0.484 e. The molecule has 2 rings (SSSR count). The van der Waals surface area contributed by atoms with E-state index in [0.717, 1.165) is 24.3 Å². The smallest absolute Gasteiger partial charge is 0.416 e. The van der Waals surface area contributed by atoms with E-state index in [1.54, 1.807) is 30.3 Å². The van der Waals surface area contributed by atoms with E-state index in [4.69, 9.17) is 4.74 Å². The van der Waals surface area contributed by atoms with Crippen LogP contribution in [0.15, 0.2) is 54.6 Å². The topological polar surface area (TPSA) is 67.4 Å². The normalized spacial score (nSPS) is 12.2. The molecule has 0 spiro atoms. The van der Waals surface area contributed by atoms with Gasteiger partial charge < -0.3 is 15.4 Å². The van der Waals surface area contributed by atoms with Gasteiger partial charge in [0.15, 0.2) is 6.61 Å². The van der Waals surface area contributed by atoms with Gasteiger partial charge in [0.2, 0.25) is 5.91 Å². The predicted molar refractivity (Wildman–Crippen MR) is 89.6 cm³/mol. The van der Waals surface area contributed by atoms with Crippen molar-refractivity contribution in [3.63, 3.8) is 0 Å². The molecular formula is C18H17F3N2O3. The third-order valence-corrected chi connectivity index (χ3v) is 3.36. The number of benzene rings is 2. The van der Waals surface area contributed by atoms with Gasteiger partial charge in [-0.1, -0.05) is 18.2 Å². The second-order valence-corrected chi connectivity index (χ2v) is 5.46. The van der Waals surface area contributed by atoms with Gasteiger partial charge in [-0.15, -0.1) is 0 Å². The van der Waals surface area contributed by atoms with Gasteiger partial charge in [-0.05, 0) is 43.3 Å². The maximum Gasteiger partial charge on any atom is 0.416 e. The molecule has 0 unspecified atom stereocenters. The Bertz CT molecular complexity index is 747. The first-order valence-electron chi connectivity index (χ1n) is 7.71. The van der Waals surface area contributed by atoms with Gasteiger partial charge in [0, 0.05) is 5.69 Å². The van der Waals surface area contributed by atoms with Crippen LogP contribution in [0, 0.1) is 0 Å². The number of para-hydroxylation sites is 1. The van der Waals surface area contributed by atoms with Crippen molar-refractivity contribution in [1.29, 1.82) is 0 Å². The molecule has 8 heteroatoms. The SMILES string of the molecule is C[C@H](NC(=O)COc1ccccc1)C(=O)Nc1ccc(C(F)(F)F)cc1. The molecule has 0 heterocycles. The van der Waals surface area contributed by atoms with Gasteiger partial charge in [0.05, 0.1) is 5.56 Å². The molecule has 2 aromatic rings. The van der Waals surface area contributed by atoms with Gasteiger partial charge in [0.25, 0.3) is 5.91 Å². The molecule has 1 atom stereocenters. The predicted octanol–water partition coefficient (Wildman–Crippen LogP) is 3.23. The van der Waals surface area contributed by atoms with Crippen LogP contribution in [0.4, 0.5) is 18.9 Å². The third kappa shape index (κ3) is 5.80. The van der Waals surface area contributed by atoms with Crippen molar-refractivity contribution in [3.8, 4) is 5.75 Å². The standard InChI is InChI=1S/C18H17F3N2O3/c1-12(22-16(24)11-26-15-5-3-2-4-6-15)17(25)23-14-9-7-13(8-10-14)18(19,20)21/h2-10,12H,11H2,1H3,(H,22,24)(H,23,25)/t12-/m0/s1. The summed E-state index contributed by atoms with van der Waals surface area (Å²) >= 11 is 0. The largest absolute Gasteiger partial charge is 0.484 e. The first-order chi connectivity index (χ1) is 12.3. The van der Waals surface area contributed by atoms with E-state index in [2.05, 4.69) is 10.6 Å². The van der Waals surface area contributed by atoms with Crippen LogP contribution in [0.3, 0.4) is 0 Å². The molecule has 5 nitrogen and oxygen atoms in total. The number of halogens is 3. The molecule has 26 heavy (non-hydrogen) atoms. The van der Waals surface area contributed by atoms with Gasteiger partial charge in [-0.25, -0.2) is 0 Å². The molecular weight excluding hydrogens is 349 g/mol. The van der Waals surface area contributed by atoms with Crippen molar-refractivity contribution in [2.45, 2.75) is 19.1 Å². The van der Waals surface area contributed by atoms with E-state index >= 15 is 0 Å². The van der Waals surface area contributed by atoms with Crippen molar-refractivity contribution < 1.29 is 27.5 Å². The van der Waals surface area contributed by atoms with Crippen molar-refractivity contribution in [2.75, 3.05) is 11.9 Å². The Morgan fingerprint density at radius 1 is 1.04 bits per heavy atom. The fourth-order valence-electron chi connectivity index (χ4n) is 2.01. The highest BCUT2D eigenvalue weighted by atomic mass is 19.4. The Hall–Kier alpha value is -3.03. The molecule has 0 aliphatic rings. The van der Waals surface area contributed by atoms with Crippen molar-refractivity contribution in [2.24, 2.45) is 0 Å². The molecule has 2 amide bonds. The lowest BCUT2D eigenvalue weighted by Crippen LogP contribution is -2.43. The zero-order valence-corrected chi connectivity index (χ0v) is 13.8. The second kappa shape index (κ2) is 8.37. The van der Waals surface area contributed by atoms with Crippen molar-refractivity contribution >= 4 is 17.5 Å². The summed E-state index contributed by atoms with van der Waals surface area (Å²) in [5, 5.41) is 4.89. The highest BCUT2D eigenvalue weighted by Gasteiger charge is 2.30. The maximum atomic E-state index is 12.5. The minimum absolute atomic E-state index is 0.199. The Kier molecular flexibility index (Phi) is 6.21. The van der Waals surface area contributed by atoms with Crippen LogP contribution in [0.2, 0.25) is 0 Å². The lowest BCUT2D eigenvalue weighted by Gasteiger charge is -2.15. The number of anilines is 1. The second-order valence-electron chi connectivity index (χ2n) is 5.46. The maximum absolute atomic E-state index is 12.5. The molecule has 2 aromatic carbocycles. The summed E-state index contributed by atoms with van der Waals surface area (Å²) in [6, 6.07) is 11.8. The highest BCUT2D eigenvalue weighted by Crippen LogP contribution is 2.29. The quantitative estimate of drug-likeness (QED) is 0.825. The van der Waals surface area contributed by atoms with Crippen molar-refractivity contribution in [1.82, 2.24) is 5.32 Å². The molecule has 0 aliphatic heterocycles. The van der Waals surface area contributed by atoms with Crippen molar-refractivity contribution in [3.05, 3.63) is 60.2 Å². The highest BCUT2D eigenvalue weighted by molar-refractivity contribution is 5.97. The number of amides is 2. The lowest BCUT2D eigenvalue weighted by molar-refractivity contribution is -0.137.